The van der Waals surface area contributed by atoms with Crippen molar-refractivity contribution < 1.29 is 27.1 Å². The van der Waals surface area contributed by atoms with Crippen LogP contribution in [0.4, 0.5) is 4.39 Å². The van der Waals surface area contributed by atoms with Gasteiger partial charge in [0, 0.05) is 24.7 Å². The summed E-state index contributed by atoms with van der Waals surface area (Å²) in [5, 5.41) is 0. The number of carbonyl (C=O) groups excluding carboxylic acids is 2. The molecule has 8 heteroatoms. The van der Waals surface area contributed by atoms with Crippen molar-refractivity contribution in [1.82, 2.24) is 4.31 Å². The summed E-state index contributed by atoms with van der Waals surface area (Å²) in [4.78, 5) is 24.0. The highest BCUT2D eigenvalue weighted by Crippen LogP contribution is 2.21. The van der Waals surface area contributed by atoms with Crippen LogP contribution in [0.3, 0.4) is 0 Å². The average molecular weight is 446 g/mol. The molecule has 164 valence electrons. The largest absolute Gasteiger partial charge is 0.454 e. The fourth-order valence-electron chi connectivity index (χ4n) is 3.25. The minimum atomic E-state index is -3.52. The van der Waals surface area contributed by atoms with Crippen molar-refractivity contribution in [3.63, 3.8) is 0 Å². The Hall–Kier alpha value is -2.84. The maximum Gasteiger partial charge on any atom is 0.331 e. The van der Waals surface area contributed by atoms with Crippen molar-refractivity contribution in [2.45, 2.75) is 30.6 Å². The van der Waals surface area contributed by atoms with Crippen LogP contribution in [-0.2, 0) is 19.6 Å². The van der Waals surface area contributed by atoms with E-state index < -0.39 is 34.2 Å². The Morgan fingerprint density at radius 1 is 0.935 bits per heavy atom. The molecule has 0 unspecified atom stereocenters. The highest BCUT2D eigenvalue weighted by molar-refractivity contribution is 7.89. The molecule has 0 N–H and O–H groups in total. The Kier molecular flexibility index (Phi) is 7.70. The van der Waals surface area contributed by atoms with E-state index in [9.17, 15) is 22.4 Å². The van der Waals surface area contributed by atoms with Crippen molar-refractivity contribution in [2.75, 3.05) is 19.7 Å². The van der Waals surface area contributed by atoms with Crippen LogP contribution < -0.4 is 0 Å². The van der Waals surface area contributed by atoms with E-state index >= 15 is 0 Å². The fraction of sp³-hybridized carbons (Fsp3) is 0.304. The van der Waals surface area contributed by atoms with E-state index in [1.54, 1.807) is 12.1 Å². The van der Waals surface area contributed by atoms with Crippen LogP contribution in [0, 0.1) is 5.82 Å². The monoisotopic (exact) mass is 445 g/mol. The van der Waals surface area contributed by atoms with Gasteiger partial charge < -0.3 is 4.74 Å². The van der Waals surface area contributed by atoms with Crippen molar-refractivity contribution >= 4 is 27.9 Å². The van der Waals surface area contributed by atoms with Gasteiger partial charge in [-0.3, -0.25) is 4.79 Å². The number of benzene rings is 2. The molecule has 1 aliphatic heterocycles. The first-order valence-corrected chi connectivity index (χ1v) is 11.5. The first-order valence-electron chi connectivity index (χ1n) is 10.1. The van der Waals surface area contributed by atoms with Gasteiger partial charge in [0.1, 0.15) is 5.82 Å². The summed E-state index contributed by atoms with van der Waals surface area (Å²) in [6, 6.07) is 11.2. The van der Waals surface area contributed by atoms with Crippen LogP contribution in [0.2, 0.25) is 0 Å². The second kappa shape index (κ2) is 10.5. The summed E-state index contributed by atoms with van der Waals surface area (Å²) >= 11 is 0. The highest BCUT2D eigenvalue weighted by atomic mass is 32.2. The minimum Gasteiger partial charge on any atom is -0.454 e. The molecule has 6 nitrogen and oxygen atoms in total. The van der Waals surface area contributed by atoms with E-state index in [2.05, 4.69) is 0 Å². The summed E-state index contributed by atoms with van der Waals surface area (Å²) in [6.45, 7) is 0.612. The first kappa shape index (κ1) is 22.8. The average Bonchev–Trinajstić information content (AvgIpc) is 3.07. The zero-order chi connectivity index (χ0) is 22.3. The van der Waals surface area contributed by atoms with Crippen molar-refractivity contribution in [3.05, 3.63) is 71.6 Å². The molecule has 2 aromatic rings. The molecule has 3 rings (SSSR count). The van der Waals surface area contributed by atoms with Gasteiger partial charge in [0.15, 0.2) is 12.4 Å². The van der Waals surface area contributed by atoms with Crippen LogP contribution >= 0.6 is 0 Å². The van der Waals surface area contributed by atoms with Gasteiger partial charge in [-0.15, -0.1) is 0 Å². The Morgan fingerprint density at radius 2 is 1.55 bits per heavy atom. The summed E-state index contributed by atoms with van der Waals surface area (Å²) in [5.41, 5.74) is 0.871. The molecule has 0 spiro atoms. The molecule has 0 aliphatic carbocycles. The van der Waals surface area contributed by atoms with Gasteiger partial charge >= 0.3 is 5.97 Å². The normalized spacial score (nSPS) is 15.5. The standard InChI is InChI=1S/C23H24FNO5S/c24-20-10-8-19(9-11-20)22(26)17-30-23(27)14-7-18-5-12-21(13-6-18)31(28,29)25-15-3-1-2-4-16-25/h5-14H,1-4,15-17H2/b14-7+. The van der Waals surface area contributed by atoms with E-state index in [1.165, 1.54) is 34.6 Å². The molecule has 0 amide bonds. The summed E-state index contributed by atoms with van der Waals surface area (Å²) in [7, 11) is -3.52. The van der Waals surface area contributed by atoms with Crippen LogP contribution in [0.25, 0.3) is 6.08 Å². The van der Waals surface area contributed by atoms with Gasteiger partial charge in [-0.25, -0.2) is 17.6 Å². The van der Waals surface area contributed by atoms with Gasteiger partial charge in [0.05, 0.1) is 4.90 Å². The van der Waals surface area contributed by atoms with Crippen molar-refractivity contribution in [3.8, 4) is 0 Å². The number of ketones is 1. The molecule has 0 atom stereocenters. The van der Waals surface area contributed by atoms with Gasteiger partial charge in [-0.2, -0.15) is 4.31 Å². The minimum absolute atomic E-state index is 0.221. The molecule has 1 saturated heterocycles. The lowest BCUT2D eigenvalue weighted by molar-refractivity contribution is -0.136. The third-order valence-electron chi connectivity index (χ3n) is 5.01. The lowest BCUT2D eigenvalue weighted by Gasteiger charge is -2.19. The maximum absolute atomic E-state index is 12.9. The molecule has 0 radical (unpaired) electrons. The zero-order valence-corrected chi connectivity index (χ0v) is 17.8. The lowest BCUT2D eigenvalue weighted by Crippen LogP contribution is -2.31. The Balaban J connectivity index is 1.55. The molecule has 0 bridgehead atoms. The topological polar surface area (TPSA) is 80.8 Å². The SMILES string of the molecule is O=C(/C=C/c1ccc(S(=O)(=O)N2CCCCCC2)cc1)OCC(=O)c1ccc(F)cc1. The number of Topliss-reactive ketones (excluding diaryl/α,β-unsaturated/α-hetero) is 1. The Bertz CT molecular complexity index is 1040. The lowest BCUT2D eigenvalue weighted by atomic mass is 10.1. The number of esters is 1. The van der Waals surface area contributed by atoms with Crippen LogP contribution in [0.15, 0.2) is 59.5 Å². The van der Waals surface area contributed by atoms with Gasteiger partial charge in [0.2, 0.25) is 10.0 Å². The van der Waals surface area contributed by atoms with Gasteiger partial charge in [-0.05, 0) is 60.9 Å². The highest BCUT2D eigenvalue weighted by Gasteiger charge is 2.24. The molecule has 31 heavy (non-hydrogen) atoms. The third-order valence-corrected chi connectivity index (χ3v) is 6.92. The number of halogens is 1. The van der Waals surface area contributed by atoms with E-state index in [4.69, 9.17) is 4.74 Å². The molecule has 0 aromatic heterocycles. The number of hydrogen-bond acceptors (Lipinski definition) is 5. The summed E-state index contributed by atoms with van der Waals surface area (Å²) in [6.07, 6.45) is 6.46. The van der Waals surface area contributed by atoms with Crippen molar-refractivity contribution in [1.29, 1.82) is 0 Å². The number of rotatable bonds is 7. The molecule has 0 saturated carbocycles. The molecule has 1 fully saturated rings. The van der Waals surface area contributed by atoms with E-state index in [1.807, 2.05) is 0 Å². The number of hydrogen-bond donors (Lipinski definition) is 0. The molecular weight excluding hydrogens is 421 g/mol. The summed E-state index contributed by atoms with van der Waals surface area (Å²) < 4.78 is 44.9. The molecular formula is C23H24FNO5S. The molecule has 1 heterocycles. The number of sulfonamides is 1. The van der Waals surface area contributed by atoms with Crippen LogP contribution in [0.1, 0.15) is 41.6 Å². The quantitative estimate of drug-likeness (QED) is 0.368. The maximum atomic E-state index is 12.9. The molecule has 1 aliphatic rings. The summed E-state index contributed by atoms with van der Waals surface area (Å²) in [5.74, 6) is -1.61. The predicted molar refractivity (Wildman–Crippen MR) is 114 cm³/mol. The smallest absolute Gasteiger partial charge is 0.331 e. The second-order valence-corrected chi connectivity index (χ2v) is 9.20. The Labute approximate surface area is 181 Å². The van der Waals surface area contributed by atoms with E-state index in [0.717, 1.165) is 43.9 Å². The van der Waals surface area contributed by atoms with Gasteiger partial charge in [0.25, 0.3) is 0 Å². The third kappa shape index (κ3) is 6.32. The van der Waals surface area contributed by atoms with Crippen LogP contribution in [-0.4, -0.2) is 44.2 Å². The Morgan fingerprint density at radius 3 is 2.16 bits per heavy atom. The van der Waals surface area contributed by atoms with E-state index in [0.29, 0.717) is 18.7 Å². The number of carbonyl (C=O) groups is 2. The first-order chi connectivity index (χ1) is 14.9. The number of ether oxygens (including phenoxy) is 1. The van der Waals surface area contributed by atoms with Gasteiger partial charge in [-0.1, -0.05) is 25.0 Å². The predicted octanol–water partition coefficient (Wildman–Crippen LogP) is 3.83. The fourth-order valence-corrected chi connectivity index (χ4v) is 4.77. The van der Waals surface area contributed by atoms with E-state index in [-0.39, 0.29) is 10.5 Å². The van der Waals surface area contributed by atoms with Crippen LogP contribution in [0.5, 0.6) is 0 Å². The second-order valence-electron chi connectivity index (χ2n) is 7.26. The van der Waals surface area contributed by atoms with Crippen molar-refractivity contribution in [2.24, 2.45) is 0 Å². The number of nitrogens with zero attached hydrogens (tertiary/aromatic N) is 1. The zero-order valence-electron chi connectivity index (χ0n) is 17.0. The molecule has 2 aromatic carbocycles.